The first-order valence-corrected chi connectivity index (χ1v) is 7.19. The van der Waals surface area contributed by atoms with Crippen molar-refractivity contribution in [2.75, 3.05) is 21.2 Å². The van der Waals surface area contributed by atoms with E-state index in [4.69, 9.17) is 4.74 Å². The van der Waals surface area contributed by atoms with E-state index in [1.807, 2.05) is 14.1 Å². The maximum Gasteiger partial charge on any atom is 0.243 e. The lowest BCUT2D eigenvalue weighted by molar-refractivity contribution is 0.0625. The van der Waals surface area contributed by atoms with E-state index < -0.39 is 5.54 Å². The fourth-order valence-electron chi connectivity index (χ4n) is 3.04. The van der Waals surface area contributed by atoms with Crippen LogP contribution in [0.15, 0.2) is 12.4 Å². The Morgan fingerprint density at radius 2 is 1.75 bits per heavy atom. The number of methoxy groups -OCH3 is 1. The standard InChI is InChI=1S/C15H23N3O2/c1-18(2)15(8-6-4-5-7-9-15)13(19)12-14(20-3)17-11-10-16-12/h10-11H,4-9H2,1-3H3. The Labute approximate surface area is 120 Å². The molecule has 0 N–H and O–H groups in total. The van der Waals surface area contributed by atoms with Gasteiger partial charge in [-0.25, -0.2) is 9.97 Å². The number of carbonyl (C=O) groups is 1. The fourth-order valence-corrected chi connectivity index (χ4v) is 3.04. The zero-order valence-corrected chi connectivity index (χ0v) is 12.6. The molecule has 0 aromatic carbocycles. The van der Waals surface area contributed by atoms with Gasteiger partial charge in [0.05, 0.1) is 12.6 Å². The lowest BCUT2D eigenvalue weighted by atomic mass is 9.83. The summed E-state index contributed by atoms with van der Waals surface area (Å²) in [6.07, 6.45) is 9.39. The Hall–Kier alpha value is -1.49. The van der Waals surface area contributed by atoms with Crippen LogP contribution in [-0.4, -0.2) is 47.4 Å². The molecule has 1 aromatic rings. The molecule has 0 saturated heterocycles. The molecule has 0 aliphatic heterocycles. The molecule has 20 heavy (non-hydrogen) atoms. The van der Waals surface area contributed by atoms with Crippen molar-refractivity contribution in [3.05, 3.63) is 18.1 Å². The summed E-state index contributed by atoms with van der Waals surface area (Å²) in [5, 5.41) is 0. The van der Waals surface area contributed by atoms with Crippen molar-refractivity contribution < 1.29 is 9.53 Å². The van der Waals surface area contributed by atoms with Crippen LogP contribution >= 0.6 is 0 Å². The number of ketones is 1. The van der Waals surface area contributed by atoms with Crippen molar-refractivity contribution >= 4 is 5.78 Å². The van der Waals surface area contributed by atoms with E-state index >= 15 is 0 Å². The van der Waals surface area contributed by atoms with Crippen molar-refractivity contribution in [1.29, 1.82) is 0 Å². The summed E-state index contributed by atoms with van der Waals surface area (Å²) in [6.45, 7) is 0. The summed E-state index contributed by atoms with van der Waals surface area (Å²) in [6, 6.07) is 0. The zero-order chi connectivity index (χ0) is 14.6. The topological polar surface area (TPSA) is 55.3 Å². The van der Waals surface area contributed by atoms with Crippen molar-refractivity contribution in [1.82, 2.24) is 14.9 Å². The van der Waals surface area contributed by atoms with Crippen LogP contribution < -0.4 is 4.74 Å². The summed E-state index contributed by atoms with van der Waals surface area (Å²) in [4.78, 5) is 23.4. The third kappa shape index (κ3) is 2.68. The Kier molecular flexibility index (Phi) is 4.70. The molecule has 5 nitrogen and oxygen atoms in total. The average molecular weight is 277 g/mol. The minimum atomic E-state index is -0.472. The summed E-state index contributed by atoms with van der Waals surface area (Å²) in [5.41, 5.74) is -0.120. The number of carbonyl (C=O) groups excluding carboxylic acids is 1. The van der Waals surface area contributed by atoms with Crippen molar-refractivity contribution in [2.24, 2.45) is 0 Å². The summed E-state index contributed by atoms with van der Waals surface area (Å²) in [7, 11) is 5.48. The molecule has 110 valence electrons. The van der Waals surface area contributed by atoms with Gasteiger partial charge in [0.25, 0.3) is 0 Å². The lowest BCUT2D eigenvalue weighted by Crippen LogP contribution is -2.51. The molecule has 1 aliphatic rings. The number of likely N-dealkylation sites (N-methyl/N-ethyl adjacent to an activating group) is 1. The second kappa shape index (κ2) is 6.31. The highest BCUT2D eigenvalue weighted by Crippen LogP contribution is 2.35. The largest absolute Gasteiger partial charge is 0.479 e. The number of ether oxygens (including phenoxy) is 1. The van der Waals surface area contributed by atoms with Gasteiger partial charge < -0.3 is 4.74 Å². The quantitative estimate of drug-likeness (QED) is 0.624. The van der Waals surface area contributed by atoms with Crippen LogP contribution in [0.4, 0.5) is 0 Å². The number of aromatic nitrogens is 2. The fraction of sp³-hybridized carbons (Fsp3) is 0.667. The molecule has 0 bridgehead atoms. The molecule has 2 rings (SSSR count). The molecule has 0 radical (unpaired) electrons. The number of nitrogens with zero attached hydrogens (tertiary/aromatic N) is 3. The monoisotopic (exact) mass is 277 g/mol. The molecule has 1 heterocycles. The van der Waals surface area contributed by atoms with Gasteiger partial charge in [-0.2, -0.15) is 0 Å². The third-order valence-electron chi connectivity index (χ3n) is 4.28. The van der Waals surface area contributed by atoms with Gasteiger partial charge in [-0.1, -0.05) is 25.7 Å². The second-order valence-electron chi connectivity index (χ2n) is 5.58. The van der Waals surface area contributed by atoms with Crippen LogP contribution in [0, 0.1) is 0 Å². The van der Waals surface area contributed by atoms with Gasteiger partial charge in [0.2, 0.25) is 11.7 Å². The highest BCUT2D eigenvalue weighted by molar-refractivity contribution is 6.03. The van der Waals surface area contributed by atoms with Gasteiger partial charge in [0.15, 0.2) is 5.69 Å². The third-order valence-corrected chi connectivity index (χ3v) is 4.28. The van der Waals surface area contributed by atoms with Crippen LogP contribution in [0.25, 0.3) is 0 Å². The Morgan fingerprint density at radius 1 is 1.15 bits per heavy atom. The highest BCUT2D eigenvalue weighted by atomic mass is 16.5. The van der Waals surface area contributed by atoms with E-state index in [0.29, 0.717) is 11.6 Å². The van der Waals surface area contributed by atoms with Gasteiger partial charge in [0, 0.05) is 12.4 Å². The molecule has 0 unspecified atom stereocenters. The van der Waals surface area contributed by atoms with E-state index in [0.717, 1.165) is 25.7 Å². The number of hydrogen-bond donors (Lipinski definition) is 0. The molecule has 5 heteroatoms. The highest BCUT2D eigenvalue weighted by Gasteiger charge is 2.42. The van der Waals surface area contributed by atoms with Gasteiger partial charge in [-0.15, -0.1) is 0 Å². The van der Waals surface area contributed by atoms with Crippen LogP contribution in [0.2, 0.25) is 0 Å². The van der Waals surface area contributed by atoms with E-state index in [-0.39, 0.29) is 5.78 Å². The molecule has 1 aromatic heterocycles. The lowest BCUT2D eigenvalue weighted by Gasteiger charge is -2.37. The predicted octanol–water partition coefficient (Wildman–Crippen LogP) is 2.32. The van der Waals surface area contributed by atoms with Crippen molar-refractivity contribution in [3.8, 4) is 5.88 Å². The molecule has 1 fully saturated rings. The molecular formula is C15H23N3O2. The Morgan fingerprint density at radius 3 is 2.30 bits per heavy atom. The maximum atomic E-state index is 13.1. The van der Waals surface area contributed by atoms with Crippen LogP contribution in [-0.2, 0) is 0 Å². The Balaban J connectivity index is 2.40. The maximum absolute atomic E-state index is 13.1. The smallest absolute Gasteiger partial charge is 0.243 e. The Bertz CT molecular complexity index is 466. The molecule has 0 amide bonds. The van der Waals surface area contributed by atoms with Gasteiger partial charge in [-0.3, -0.25) is 9.69 Å². The van der Waals surface area contributed by atoms with E-state index in [1.165, 1.54) is 20.0 Å². The van der Waals surface area contributed by atoms with Crippen LogP contribution in [0.5, 0.6) is 5.88 Å². The molecular weight excluding hydrogens is 254 g/mol. The first kappa shape index (κ1) is 14.9. The molecule has 0 atom stereocenters. The number of Topliss-reactive ketones (excluding diaryl/α,β-unsaturated/α-hetero) is 1. The van der Waals surface area contributed by atoms with Gasteiger partial charge >= 0.3 is 0 Å². The predicted molar refractivity (Wildman–Crippen MR) is 77.0 cm³/mol. The van der Waals surface area contributed by atoms with E-state index in [1.54, 1.807) is 12.4 Å². The number of rotatable bonds is 4. The summed E-state index contributed by atoms with van der Waals surface area (Å²) in [5.74, 6) is 0.359. The van der Waals surface area contributed by atoms with Crippen LogP contribution in [0.3, 0.4) is 0 Å². The van der Waals surface area contributed by atoms with E-state index in [2.05, 4.69) is 14.9 Å². The van der Waals surface area contributed by atoms with E-state index in [9.17, 15) is 4.79 Å². The molecule has 0 spiro atoms. The second-order valence-corrected chi connectivity index (χ2v) is 5.58. The first-order chi connectivity index (χ1) is 9.62. The normalized spacial score (nSPS) is 18.6. The first-order valence-electron chi connectivity index (χ1n) is 7.19. The van der Waals surface area contributed by atoms with Crippen LogP contribution in [0.1, 0.15) is 49.0 Å². The summed E-state index contributed by atoms with van der Waals surface area (Å²) < 4.78 is 5.20. The van der Waals surface area contributed by atoms with Crippen molar-refractivity contribution in [2.45, 2.75) is 44.1 Å². The minimum Gasteiger partial charge on any atom is -0.479 e. The average Bonchev–Trinajstić information content (AvgIpc) is 2.73. The zero-order valence-electron chi connectivity index (χ0n) is 12.6. The van der Waals surface area contributed by atoms with Gasteiger partial charge in [0.1, 0.15) is 0 Å². The number of hydrogen-bond acceptors (Lipinski definition) is 5. The SMILES string of the molecule is COc1nccnc1C(=O)C1(N(C)C)CCCCCC1. The molecule has 1 saturated carbocycles. The van der Waals surface area contributed by atoms with Crippen molar-refractivity contribution in [3.63, 3.8) is 0 Å². The molecule has 1 aliphatic carbocycles. The van der Waals surface area contributed by atoms with Gasteiger partial charge in [-0.05, 0) is 26.9 Å². The minimum absolute atomic E-state index is 0.0364. The summed E-state index contributed by atoms with van der Waals surface area (Å²) >= 11 is 0.